The van der Waals surface area contributed by atoms with Crippen LogP contribution in [0.2, 0.25) is 0 Å². The van der Waals surface area contributed by atoms with Crippen LogP contribution >= 0.6 is 0 Å². The van der Waals surface area contributed by atoms with Crippen molar-refractivity contribution in [2.45, 2.75) is 25.9 Å². The number of nitrogens with zero attached hydrogens (tertiary/aromatic N) is 2. The zero-order valence-corrected chi connectivity index (χ0v) is 17.9. The highest BCUT2D eigenvalue weighted by atomic mass is 16.5. The summed E-state index contributed by atoms with van der Waals surface area (Å²) in [6.07, 6.45) is 6.24. The molecule has 2 aromatic carbocycles. The normalized spacial score (nSPS) is 17.7. The molecule has 0 aliphatic carbocycles. The van der Waals surface area contributed by atoms with Crippen molar-refractivity contribution in [2.24, 2.45) is 0 Å². The highest BCUT2D eigenvalue weighted by Gasteiger charge is 2.45. The van der Waals surface area contributed by atoms with Crippen LogP contribution in [0.3, 0.4) is 0 Å². The minimum atomic E-state index is -0.667. The molecular weight excluding hydrogens is 406 g/mol. The van der Waals surface area contributed by atoms with E-state index in [-0.39, 0.29) is 11.3 Å². The van der Waals surface area contributed by atoms with E-state index < -0.39 is 17.7 Å². The number of ether oxygens (including phenoxy) is 1. The Balaban J connectivity index is 1.70. The van der Waals surface area contributed by atoms with Gasteiger partial charge in [-0.15, -0.1) is 0 Å². The fourth-order valence-electron chi connectivity index (χ4n) is 4.01. The van der Waals surface area contributed by atoms with Crippen LogP contribution < -0.4 is 9.30 Å². The standard InChI is InChI=1S/C25H25N3O4/c1-2-32-20-11-9-18(10-12-20)22-21(23(29)19-7-4-3-5-8-19)24(30)25(31)28(22)15-6-14-27-16-13-26-17-27/h3-5,7-13,16-17,22H,2,6,14-15H2,1H3,(H,29,30)/p+1. The maximum atomic E-state index is 13.0. The van der Waals surface area contributed by atoms with E-state index in [2.05, 4.69) is 4.98 Å². The fourth-order valence-corrected chi connectivity index (χ4v) is 4.01. The van der Waals surface area contributed by atoms with Gasteiger partial charge < -0.3 is 14.7 Å². The number of hydrogen-bond acceptors (Lipinski definition) is 4. The van der Waals surface area contributed by atoms with Gasteiger partial charge in [-0.1, -0.05) is 42.5 Å². The molecule has 1 unspecified atom stereocenters. The average molecular weight is 433 g/mol. The van der Waals surface area contributed by atoms with Crippen molar-refractivity contribution in [3.05, 3.63) is 90.0 Å². The minimum Gasteiger partial charge on any atom is -0.507 e. The zero-order chi connectivity index (χ0) is 22.5. The molecule has 1 fully saturated rings. The molecule has 0 saturated carbocycles. The van der Waals surface area contributed by atoms with E-state index in [1.807, 2.05) is 60.5 Å². The highest BCUT2D eigenvalue weighted by molar-refractivity contribution is 6.46. The number of hydrogen-bond donors (Lipinski definition) is 2. The van der Waals surface area contributed by atoms with Crippen molar-refractivity contribution in [1.29, 1.82) is 0 Å². The molecule has 1 aliphatic rings. The van der Waals surface area contributed by atoms with Gasteiger partial charge in [-0.3, -0.25) is 14.6 Å². The van der Waals surface area contributed by atoms with Crippen LogP contribution in [-0.2, 0) is 16.1 Å². The summed E-state index contributed by atoms with van der Waals surface area (Å²) in [7, 11) is 0. The number of carbonyl (C=O) groups excluding carboxylic acids is 2. The number of aliphatic hydroxyl groups excluding tert-OH is 1. The summed E-state index contributed by atoms with van der Waals surface area (Å²) in [4.78, 5) is 30.6. The number of nitrogens with one attached hydrogen (secondary N) is 1. The Morgan fingerprint density at radius 2 is 1.88 bits per heavy atom. The van der Waals surface area contributed by atoms with E-state index in [9.17, 15) is 14.7 Å². The summed E-state index contributed by atoms with van der Waals surface area (Å²) in [6.45, 7) is 3.53. The molecule has 32 heavy (non-hydrogen) atoms. The van der Waals surface area contributed by atoms with E-state index in [0.29, 0.717) is 37.4 Å². The molecule has 1 saturated heterocycles. The van der Waals surface area contributed by atoms with Crippen molar-refractivity contribution >= 4 is 17.4 Å². The molecule has 3 aromatic rings. The number of rotatable bonds is 8. The first-order valence-corrected chi connectivity index (χ1v) is 10.7. The van der Waals surface area contributed by atoms with Crippen molar-refractivity contribution in [3.8, 4) is 5.75 Å². The van der Waals surface area contributed by atoms with E-state index in [4.69, 9.17) is 4.74 Å². The second kappa shape index (κ2) is 9.51. The first-order chi connectivity index (χ1) is 15.6. The van der Waals surface area contributed by atoms with Gasteiger partial charge >= 0.3 is 0 Å². The molecule has 0 radical (unpaired) electrons. The molecule has 1 aromatic heterocycles. The Labute approximate surface area is 186 Å². The number of carbonyl (C=O) groups is 2. The van der Waals surface area contributed by atoms with Gasteiger partial charge in [-0.25, -0.2) is 4.57 Å². The van der Waals surface area contributed by atoms with E-state index >= 15 is 0 Å². The van der Waals surface area contributed by atoms with Crippen LogP contribution in [0.4, 0.5) is 0 Å². The lowest BCUT2D eigenvalue weighted by atomic mass is 9.95. The number of Topliss-reactive ketones (excluding diaryl/α,β-unsaturated/α-hetero) is 1. The molecule has 1 aliphatic heterocycles. The third kappa shape index (κ3) is 4.27. The number of aryl methyl sites for hydroxylation is 1. The SMILES string of the molecule is CCOc1ccc(C2C(=C(O)c3ccccc3)C(=O)C(=O)N2CCC[n+]2cc[nH]c2)cc1. The van der Waals surface area contributed by atoms with Gasteiger partial charge in [0, 0.05) is 18.5 Å². The minimum absolute atomic E-state index is 0.111. The Kier molecular flexibility index (Phi) is 6.35. The lowest BCUT2D eigenvalue weighted by Crippen LogP contribution is -2.36. The lowest BCUT2D eigenvalue weighted by molar-refractivity contribution is -0.695. The Hall–Kier alpha value is -3.87. The third-order valence-electron chi connectivity index (χ3n) is 5.51. The monoisotopic (exact) mass is 432 g/mol. The molecule has 0 spiro atoms. The van der Waals surface area contributed by atoms with Gasteiger partial charge in [0.1, 0.15) is 23.9 Å². The number of aromatic amines is 1. The van der Waals surface area contributed by atoms with E-state index in [1.54, 1.807) is 29.2 Å². The number of aliphatic hydroxyl groups is 1. The molecule has 7 heteroatoms. The second-order valence-corrected chi connectivity index (χ2v) is 7.56. The number of ketones is 1. The van der Waals surface area contributed by atoms with Crippen LogP contribution in [0, 0.1) is 0 Å². The molecular formula is C25H26N3O4+. The van der Waals surface area contributed by atoms with Crippen molar-refractivity contribution in [2.75, 3.05) is 13.2 Å². The Morgan fingerprint density at radius 1 is 1.12 bits per heavy atom. The van der Waals surface area contributed by atoms with Gasteiger partial charge in [-0.05, 0) is 24.6 Å². The smallest absolute Gasteiger partial charge is 0.295 e. The van der Waals surface area contributed by atoms with Gasteiger partial charge in [0.05, 0.1) is 24.8 Å². The number of likely N-dealkylation sites (tertiary alicyclic amines) is 1. The summed E-state index contributed by atoms with van der Waals surface area (Å²) >= 11 is 0. The van der Waals surface area contributed by atoms with Crippen molar-refractivity contribution in [1.82, 2.24) is 9.88 Å². The first kappa shape index (κ1) is 21.4. The summed E-state index contributed by atoms with van der Waals surface area (Å²) < 4.78 is 7.51. The van der Waals surface area contributed by atoms with Crippen molar-refractivity contribution in [3.63, 3.8) is 0 Å². The third-order valence-corrected chi connectivity index (χ3v) is 5.51. The maximum Gasteiger partial charge on any atom is 0.295 e. The summed E-state index contributed by atoms with van der Waals surface area (Å²) in [5.41, 5.74) is 1.36. The quantitative estimate of drug-likeness (QED) is 0.248. The average Bonchev–Trinajstić information content (AvgIpc) is 3.42. The Bertz CT molecular complexity index is 1110. The van der Waals surface area contributed by atoms with Crippen LogP contribution in [-0.4, -0.2) is 39.8 Å². The summed E-state index contributed by atoms with van der Waals surface area (Å²) in [5, 5.41) is 11.0. The Morgan fingerprint density at radius 3 is 2.53 bits per heavy atom. The zero-order valence-electron chi connectivity index (χ0n) is 17.9. The van der Waals surface area contributed by atoms with Crippen LogP contribution in [0.5, 0.6) is 5.75 Å². The second-order valence-electron chi connectivity index (χ2n) is 7.56. The van der Waals surface area contributed by atoms with Gasteiger partial charge in [0.15, 0.2) is 0 Å². The number of amides is 1. The highest BCUT2D eigenvalue weighted by Crippen LogP contribution is 2.39. The fraction of sp³-hybridized carbons (Fsp3) is 0.240. The predicted molar refractivity (Wildman–Crippen MR) is 119 cm³/mol. The molecule has 4 rings (SSSR count). The van der Waals surface area contributed by atoms with E-state index in [1.165, 1.54) is 0 Å². The molecule has 1 amide bonds. The largest absolute Gasteiger partial charge is 0.507 e. The van der Waals surface area contributed by atoms with Crippen LogP contribution in [0.1, 0.15) is 30.5 Å². The number of benzene rings is 2. The van der Waals surface area contributed by atoms with Crippen LogP contribution in [0.15, 0.2) is 78.9 Å². The van der Waals surface area contributed by atoms with E-state index in [0.717, 1.165) is 5.56 Å². The molecule has 7 nitrogen and oxygen atoms in total. The lowest BCUT2D eigenvalue weighted by Gasteiger charge is -2.25. The maximum absolute atomic E-state index is 13.0. The summed E-state index contributed by atoms with van der Waals surface area (Å²) in [6, 6.07) is 15.5. The van der Waals surface area contributed by atoms with Crippen LogP contribution in [0.25, 0.3) is 5.76 Å². The molecule has 2 heterocycles. The van der Waals surface area contributed by atoms with Gasteiger partial charge in [0.25, 0.3) is 11.7 Å². The van der Waals surface area contributed by atoms with Crippen molar-refractivity contribution < 1.29 is 24.0 Å². The first-order valence-electron chi connectivity index (χ1n) is 10.7. The van der Waals surface area contributed by atoms with Gasteiger partial charge in [0.2, 0.25) is 6.33 Å². The van der Waals surface area contributed by atoms with Gasteiger partial charge in [-0.2, -0.15) is 0 Å². The molecule has 2 N–H and O–H groups in total. The number of imidazole rings is 1. The molecule has 164 valence electrons. The molecule has 0 bridgehead atoms. The number of H-pyrrole nitrogens is 1. The predicted octanol–water partition coefficient (Wildman–Crippen LogP) is 3.21. The molecule has 1 atom stereocenters. The number of aromatic nitrogens is 2. The summed E-state index contributed by atoms with van der Waals surface area (Å²) in [5.74, 6) is -0.717. The topological polar surface area (TPSA) is 86.5 Å².